The summed E-state index contributed by atoms with van der Waals surface area (Å²) in [6.07, 6.45) is 4.12. The molecule has 6 aromatic carbocycles. The maximum Gasteiger partial charge on any atom is 0.159 e. The van der Waals surface area contributed by atoms with Crippen molar-refractivity contribution in [3.05, 3.63) is 181 Å². The maximum atomic E-state index is 5.16. The molecule has 5 nitrogen and oxygen atoms in total. The van der Waals surface area contributed by atoms with Gasteiger partial charge in [-0.1, -0.05) is 109 Å². The minimum Gasteiger partial charge on any atom is -0.344 e. The molecule has 218 valence electrons. The number of nitrogens with one attached hydrogen (secondary N) is 1. The van der Waals surface area contributed by atoms with E-state index >= 15 is 0 Å². The van der Waals surface area contributed by atoms with Gasteiger partial charge in [0.2, 0.25) is 0 Å². The molecule has 3 heterocycles. The highest BCUT2D eigenvalue weighted by Crippen LogP contribution is 2.39. The van der Waals surface area contributed by atoms with Crippen molar-refractivity contribution in [3.63, 3.8) is 0 Å². The van der Waals surface area contributed by atoms with E-state index in [1.54, 1.807) is 0 Å². The van der Waals surface area contributed by atoms with Crippen LogP contribution in [0.2, 0.25) is 0 Å². The molecule has 1 N–H and O–H groups in total. The zero-order valence-electron chi connectivity index (χ0n) is 25.0. The van der Waals surface area contributed by atoms with Gasteiger partial charge in [-0.15, -0.1) is 0 Å². The van der Waals surface area contributed by atoms with Crippen molar-refractivity contribution < 1.29 is 0 Å². The van der Waals surface area contributed by atoms with Gasteiger partial charge in [-0.05, 0) is 53.4 Å². The molecule has 1 unspecified atom stereocenters. The molecule has 0 radical (unpaired) electrons. The zero-order chi connectivity index (χ0) is 30.5. The Balaban J connectivity index is 1.30. The monoisotopic (exact) mass is 591 g/mol. The van der Waals surface area contributed by atoms with Crippen LogP contribution < -0.4 is 5.32 Å². The molecule has 0 spiro atoms. The topological polar surface area (TPSA) is 46.6 Å². The average Bonchev–Trinajstić information content (AvgIpc) is 3.79. The molecule has 0 saturated heterocycles. The third-order valence-corrected chi connectivity index (χ3v) is 8.82. The fraction of sp³-hybridized carbons (Fsp3) is 0.0244. The average molecular weight is 592 g/mol. The van der Waals surface area contributed by atoms with Crippen LogP contribution in [0.25, 0.3) is 44.0 Å². The first-order valence-corrected chi connectivity index (χ1v) is 15.5. The Kier molecular flexibility index (Phi) is 6.13. The van der Waals surface area contributed by atoms with Crippen molar-refractivity contribution in [2.75, 3.05) is 0 Å². The lowest BCUT2D eigenvalue weighted by Crippen LogP contribution is -2.33. The summed E-state index contributed by atoms with van der Waals surface area (Å²) in [5, 5.41) is 8.33. The van der Waals surface area contributed by atoms with Crippen molar-refractivity contribution in [2.45, 2.75) is 6.17 Å². The molecular weight excluding hydrogens is 562 g/mol. The van der Waals surface area contributed by atoms with E-state index in [1.807, 2.05) is 24.3 Å². The Morgan fingerprint density at radius 3 is 1.65 bits per heavy atom. The van der Waals surface area contributed by atoms with Crippen LogP contribution in [-0.4, -0.2) is 20.8 Å². The lowest BCUT2D eigenvalue weighted by molar-refractivity contribution is 0.674. The number of amidine groups is 2. The van der Waals surface area contributed by atoms with E-state index < -0.39 is 0 Å². The molecule has 0 aliphatic carbocycles. The fourth-order valence-electron chi connectivity index (χ4n) is 6.67. The molecule has 1 aliphatic heterocycles. The molecule has 2 aromatic heterocycles. The van der Waals surface area contributed by atoms with Gasteiger partial charge in [-0.25, -0.2) is 9.98 Å². The summed E-state index contributed by atoms with van der Waals surface area (Å²) in [7, 11) is 0. The summed E-state index contributed by atoms with van der Waals surface area (Å²) in [4.78, 5) is 10.3. The normalized spacial score (nSPS) is 14.7. The smallest absolute Gasteiger partial charge is 0.159 e. The van der Waals surface area contributed by atoms with Crippen molar-refractivity contribution in [3.8, 4) is 11.4 Å². The van der Waals surface area contributed by atoms with Crippen LogP contribution in [-0.2, 0) is 0 Å². The molecule has 1 aliphatic rings. The second-order valence-electron chi connectivity index (χ2n) is 11.6. The highest BCUT2D eigenvalue weighted by atomic mass is 15.2. The number of benzene rings is 6. The van der Waals surface area contributed by atoms with Crippen LogP contribution >= 0.6 is 0 Å². The molecule has 0 amide bonds. The molecule has 1 atom stereocenters. The summed E-state index contributed by atoms with van der Waals surface area (Å²) in [5.41, 5.74) is 7.73. The number of hydrogen-bond acceptors (Lipinski definition) is 3. The summed E-state index contributed by atoms with van der Waals surface area (Å²) in [6.45, 7) is 0. The Labute approximate surface area is 266 Å². The van der Waals surface area contributed by atoms with E-state index in [2.05, 4.69) is 154 Å². The number of para-hydroxylation sites is 2. The lowest BCUT2D eigenvalue weighted by atomic mass is 9.99. The van der Waals surface area contributed by atoms with Crippen molar-refractivity contribution in [1.29, 1.82) is 0 Å². The van der Waals surface area contributed by atoms with Crippen LogP contribution in [0, 0.1) is 0 Å². The van der Waals surface area contributed by atoms with Crippen LogP contribution in [0.3, 0.4) is 0 Å². The van der Waals surface area contributed by atoms with Crippen LogP contribution in [0.5, 0.6) is 0 Å². The Morgan fingerprint density at radius 2 is 1.02 bits per heavy atom. The van der Waals surface area contributed by atoms with Gasteiger partial charge in [0.15, 0.2) is 5.84 Å². The first-order valence-electron chi connectivity index (χ1n) is 15.5. The quantitative estimate of drug-likeness (QED) is 0.213. The largest absolute Gasteiger partial charge is 0.344 e. The highest BCUT2D eigenvalue weighted by molar-refractivity contribution is 6.26. The molecule has 5 heteroatoms. The SMILES string of the molecule is c1ccc(C2=NC(c3ccc4c(c3)c3ccn(-c5ccccc5)c3c3ccn(-c5ccccc5)c43)=NC(c3ccccc3)N2)cc1. The molecule has 0 fully saturated rings. The fourth-order valence-corrected chi connectivity index (χ4v) is 6.67. The number of hydrogen-bond donors (Lipinski definition) is 1. The minimum absolute atomic E-state index is 0.253. The van der Waals surface area contributed by atoms with Gasteiger partial charge in [0.05, 0.1) is 11.0 Å². The summed E-state index contributed by atoms with van der Waals surface area (Å²) in [5.74, 6) is 1.52. The summed E-state index contributed by atoms with van der Waals surface area (Å²) >= 11 is 0. The number of rotatable bonds is 5. The minimum atomic E-state index is -0.253. The number of fused-ring (bicyclic) bond motifs is 6. The van der Waals surface area contributed by atoms with Gasteiger partial charge < -0.3 is 14.5 Å². The Hall–Kier alpha value is -6.20. The summed E-state index contributed by atoms with van der Waals surface area (Å²) in [6, 6.07) is 52.9. The van der Waals surface area contributed by atoms with Crippen LogP contribution in [0.4, 0.5) is 0 Å². The number of nitrogens with zero attached hydrogens (tertiary/aromatic N) is 4. The Morgan fingerprint density at radius 1 is 0.478 bits per heavy atom. The number of aromatic nitrogens is 2. The first-order chi connectivity index (χ1) is 22.8. The van der Waals surface area contributed by atoms with Crippen molar-refractivity contribution >= 4 is 44.2 Å². The third kappa shape index (κ3) is 4.32. The van der Waals surface area contributed by atoms with E-state index in [9.17, 15) is 0 Å². The van der Waals surface area contributed by atoms with E-state index in [0.29, 0.717) is 5.84 Å². The van der Waals surface area contributed by atoms with E-state index in [4.69, 9.17) is 9.98 Å². The van der Waals surface area contributed by atoms with Crippen LogP contribution in [0.15, 0.2) is 174 Å². The van der Waals surface area contributed by atoms with Gasteiger partial charge in [-0.2, -0.15) is 0 Å². The zero-order valence-corrected chi connectivity index (χ0v) is 25.0. The van der Waals surface area contributed by atoms with Gasteiger partial charge in [0, 0.05) is 51.1 Å². The third-order valence-electron chi connectivity index (χ3n) is 8.82. The van der Waals surface area contributed by atoms with Gasteiger partial charge in [-0.3, -0.25) is 0 Å². The van der Waals surface area contributed by atoms with Gasteiger partial charge >= 0.3 is 0 Å². The van der Waals surface area contributed by atoms with E-state index in [-0.39, 0.29) is 6.17 Å². The van der Waals surface area contributed by atoms with E-state index in [0.717, 1.165) is 33.9 Å². The highest BCUT2D eigenvalue weighted by Gasteiger charge is 2.22. The second-order valence-corrected chi connectivity index (χ2v) is 11.6. The standard InChI is InChI=1S/C41H29N5/c1-5-13-28(14-6-1)39-42-40(29-15-7-2-8-16-29)44-41(43-39)30-21-22-33-36(27-30)34-23-25-45(31-17-9-3-10-18-31)38(34)35-24-26-46(37(33)35)32-19-11-4-12-20-32/h1-27,39H,(H,42,43,44). The van der Waals surface area contributed by atoms with E-state index in [1.165, 1.54) is 32.6 Å². The Bertz CT molecular complexity index is 2420. The summed E-state index contributed by atoms with van der Waals surface area (Å²) < 4.78 is 4.61. The molecular formula is C41H29N5. The predicted octanol–water partition coefficient (Wildman–Crippen LogP) is 9.22. The van der Waals surface area contributed by atoms with Crippen LogP contribution in [0.1, 0.15) is 22.9 Å². The second kappa shape index (κ2) is 10.8. The molecule has 0 saturated carbocycles. The van der Waals surface area contributed by atoms with Crippen molar-refractivity contribution in [1.82, 2.24) is 14.5 Å². The molecule has 8 aromatic rings. The predicted molar refractivity (Wildman–Crippen MR) is 189 cm³/mol. The lowest BCUT2D eigenvalue weighted by Gasteiger charge is -2.23. The van der Waals surface area contributed by atoms with Gasteiger partial charge in [0.25, 0.3) is 0 Å². The van der Waals surface area contributed by atoms with Gasteiger partial charge in [0.1, 0.15) is 12.0 Å². The number of aliphatic imine (C=N–C) groups is 2. The molecule has 0 bridgehead atoms. The van der Waals surface area contributed by atoms with Crippen molar-refractivity contribution in [2.24, 2.45) is 9.98 Å². The molecule has 9 rings (SSSR count). The molecule has 46 heavy (non-hydrogen) atoms. The first kappa shape index (κ1) is 26.2. The maximum absolute atomic E-state index is 5.16.